The molecule has 1 amide bonds. The molecule has 0 saturated heterocycles. The van der Waals surface area contributed by atoms with Gasteiger partial charge in [-0.2, -0.15) is 0 Å². The van der Waals surface area contributed by atoms with Gasteiger partial charge in [-0.05, 0) is 24.1 Å². The number of nitrogens with zero attached hydrogens (tertiary/aromatic N) is 2. The van der Waals surface area contributed by atoms with Gasteiger partial charge < -0.3 is 9.42 Å². The number of rotatable bonds is 5. The van der Waals surface area contributed by atoms with Crippen molar-refractivity contribution in [2.24, 2.45) is 0 Å². The van der Waals surface area contributed by atoms with Gasteiger partial charge >= 0.3 is 0 Å². The van der Waals surface area contributed by atoms with Crippen LogP contribution < -0.4 is 0 Å². The lowest BCUT2D eigenvalue weighted by Gasteiger charge is -2.21. The van der Waals surface area contributed by atoms with Crippen molar-refractivity contribution in [1.29, 1.82) is 0 Å². The first kappa shape index (κ1) is 16.9. The van der Waals surface area contributed by atoms with E-state index in [0.29, 0.717) is 23.4 Å². The fourth-order valence-corrected chi connectivity index (χ4v) is 2.77. The van der Waals surface area contributed by atoms with E-state index in [-0.39, 0.29) is 11.7 Å². The van der Waals surface area contributed by atoms with Crippen molar-refractivity contribution >= 4 is 5.91 Å². The van der Waals surface area contributed by atoms with Crippen LogP contribution in [0.3, 0.4) is 0 Å². The van der Waals surface area contributed by atoms with Gasteiger partial charge in [0.1, 0.15) is 17.8 Å². The van der Waals surface area contributed by atoms with Gasteiger partial charge in [0.2, 0.25) is 5.91 Å². The molecule has 1 atom stereocenters. The summed E-state index contributed by atoms with van der Waals surface area (Å²) < 4.78 is 19.3. The van der Waals surface area contributed by atoms with Crippen LogP contribution in [0.2, 0.25) is 0 Å². The molecule has 128 valence electrons. The van der Waals surface area contributed by atoms with Gasteiger partial charge in [0, 0.05) is 18.7 Å². The van der Waals surface area contributed by atoms with E-state index in [1.807, 2.05) is 30.3 Å². The van der Waals surface area contributed by atoms with Crippen LogP contribution in [-0.2, 0) is 11.3 Å². The number of hydrogen-bond donors (Lipinski definition) is 0. The third-order valence-electron chi connectivity index (χ3n) is 4.21. The van der Waals surface area contributed by atoms with Crippen LogP contribution in [0.1, 0.15) is 24.1 Å². The summed E-state index contributed by atoms with van der Waals surface area (Å²) in [5.41, 5.74) is 2.66. The van der Waals surface area contributed by atoms with E-state index in [1.54, 1.807) is 37.1 Å². The zero-order valence-corrected chi connectivity index (χ0v) is 14.1. The lowest BCUT2D eigenvalue weighted by molar-refractivity contribution is -0.131. The second-order valence-electron chi connectivity index (χ2n) is 6.01. The van der Waals surface area contributed by atoms with Crippen LogP contribution in [0.5, 0.6) is 0 Å². The first-order chi connectivity index (χ1) is 12.1. The van der Waals surface area contributed by atoms with Crippen LogP contribution in [0.15, 0.2) is 65.4 Å². The van der Waals surface area contributed by atoms with Gasteiger partial charge in [0.25, 0.3) is 0 Å². The van der Waals surface area contributed by atoms with Crippen LogP contribution in [0.25, 0.3) is 11.1 Å². The Morgan fingerprint density at radius 1 is 1.20 bits per heavy atom. The summed E-state index contributed by atoms with van der Waals surface area (Å²) in [6.45, 7) is 2.13. The number of benzene rings is 2. The molecule has 0 aliphatic heterocycles. The Bertz CT molecular complexity index is 847. The van der Waals surface area contributed by atoms with Crippen molar-refractivity contribution < 1.29 is 13.7 Å². The zero-order chi connectivity index (χ0) is 17.8. The minimum absolute atomic E-state index is 0.102. The van der Waals surface area contributed by atoms with Crippen LogP contribution in [0.4, 0.5) is 4.39 Å². The van der Waals surface area contributed by atoms with Crippen molar-refractivity contribution in [1.82, 2.24) is 10.1 Å². The third kappa shape index (κ3) is 3.76. The molecule has 0 aliphatic carbocycles. The van der Waals surface area contributed by atoms with Crippen LogP contribution in [0, 0.1) is 5.82 Å². The molecule has 4 nitrogen and oxygen atoms in total. The Kier molecular flexibility index (Phi) is 4.93. The zero-order valence-electron chi connectivity index (χ0n) is 14.1. The molecule has 5 heteroatoms. The topological polar surface area (TPSA) is 46.3 Å². The van der Waals surface area contributed by atoms with E-state index in [1.165, 1.54) is 12.3 Å². The maximum Gasteiger partial charge on any atom is 0.229 e. The second kappa shape index (κ2) is 7.30. The van der Waals surface area contributed by atoms with Crippen LogP contribution in [-0.4, -0.2) is 23.0 Å². The van der Waals surface area contributed by atoms with E-state index in [2.05, 4.69) is 5.16 Å². The molecular formula is C20H19FN2O2. The standard InChI is InChI=1S/C20H19FN2O2/c1-14(20(24)23(2)13-17-10-11-25-22-17)16-8-9-18(19(21)12-16)15-6-4-3-5-7-15/h3-12,14H,13H2,1-2H3. The molecule has 0 radical (unpaired) electrons. The minimum Gasteiger partial charge on any atom is -0.364 e. The SMILES string of the molecule is CC(C(=O)N(C)Cc1ccon1)c1ccc(-c2ccccc2)c(F)c1. The number of halogens is 1. The average Bonchev–Trinajstić information content (AvgIpc) is 3.14. The van der Waals surface area contributed by atoms with E-state index in [4.69, 9.17) is 4.52 Å². The van der Waals surface area contributed by atoms with Crippen molar-refractivity contribution in [3.05, 3.63) is 77.9 Å². The summed E-state index contributed by atoms with van der Waals surface area (Å²) in [7, 11) is 1.70. The Morgan fingerprint density at radius 3 is 2.60 bits per heavy atom. The fourth-order valence-electron chi connectivity index (χ4n) is 2.77. The van der Waals surface area contributed by atoms with E-state index < -0.39 is 5.92 Å². The Morgan fingerprint density at radius 2 is 1.96 bits per heavy atom. The number of aromatic nitrogens is 1. The summed E-state index contributed by atoms with van der Waals surface area (Å²) in [5.74, 6) is -0.881. The normalized spacial score (nSPS) is 12.0. The highest BCUT2D eigenvalue weighted by molar-refractivity contribution is 5.83. The minimum atomic E-state index is -0.448. The number of carbonyl (C=O) groups excluding carboxylic acids is 1. The lowest BCUT2D eigenvalue weighted by atomic mass is 9.96. The predicted octanol–water partition coefficient (Wildman–Crippen LogP) is 4.24. The highest BCUT2D eigenvalue weighted by Crippen LogP contribution is 2.27. The Labute approximate surface area is 145 Å². The van der Waals surface area contributed by atoms with E-state index in [0.717, 1.165) is 5.56 Å². The smallest absolute Gasteiger partial charge is 0.229 e. The summed E-state index contributed by atoms with van der Waals surface area (Å²) in [6, 6.07) is 16.0. The lowest BCUT2D eigenvalue weighted by Crippen LogP contribution is -2.30. The average molecular weight is 338 g/mol. The largest absolute Gasteiger partial charge is 0.364 e. The van der Waals surface area contributed by atoms with Crippen molar-refractivity contribution in [3.63, 3.8) is 0 Å². The number of carbonyl (C=O) groups is 1. The molecular weight excluding hydrogens is 319 g/mol. The molecule has 0 aliphatic rings. The van der Waals surface area contributed by atoms with Gasteiger partial charge in [0.15, 0.2) is 0 Å². The van der Waals surface area contributed by atoms with Crippen molar-refractivity contribution in [3.8, 4) is 11.1 Å². The van der Waals surface area contributed by atoms with Gasteiger partial charge in [-0.15, -0.1) is 0 Å². The monoisotopic (exact) mass is 338 g/mol. The molecule has 3 aromatic rings. The van der Waals surface area contributed by atoms with Gasteiger partial charge in [-0.1, -0.05) is 47.6 Å². The first-order valence-corrected chi connectivity index (χ1v) is 8.05. The molecule has 25 heavy (non-hydrogen) atoms. The molecule has 0 spiro atoms. The van der Waals surface area contributed by atoms with E-state index >= 15 is 0 Å². The van der Waals surface area contributed by atoms with Crippen molar-refractivity contribution in [2.75, 3.05) is 7.05 Å². The first-order valence-electron chi connectivity index (χ1n) is 8.05. The summed E-state index contributed by atoms with van der Waals surface area (Å²) in [4.78, 5) is 14.1. The molecule has 1 heterocycles. The van der Waals surface area contributed by atoms with E-state index in [9.17, 15) is 9.18 Å². The molecule has 0 saturated carbocycles. The van der Waals surface area contributed by atoms with Gasteiger partial charge in [0.05, 0.1) is 12.5 Å². The van der Waals surface area contributed by atoms with Crippen molar-refractivity contribution in [2.45, 2.75) is 19.4 Å². The Hall–Kier alpha value is -2.95. The molecule has 0 fully saturated rings. The summed E-state index contributed by atoms with van der Waals surface area (Å²) in [6.07, 6.45) is 1.47. The number of amides is 1. The van der Waals surface area contributed by atoms with Crippen LogP contribution >= 0.6 is 0 Å². The fraction of sp³-hybridized carbons (Fsp3) is 0.200. The molecule has 1 unspecified atom stereocenters. The van der Waals surface area contributed by atoms with Gasteiger partial charge in [-0.3, -0.25) is 4.79 Å². The highest BCUT2D eigenvalue weighted by Gasteiger charge is 2.21. The molecule has 1 aromatic heterocycles. The molecule has 0 N–H and O–H groups in total. The second-order valence-corrected chi connectivity index (χ2v) is 6.01. The third-order valence-corrected chi connectivity index (χ3v) is 4.21. The molecule has 0 bridgehead atoms. The summed E-state index contributed by atoms with van der Waals surface area (Å²) >= 11 is 0. The number of likely N-dealkylation sites (N-methyl/N-ethyl adjacent to an activating group) is 1. The Balaban J connectivity index is 1.77. The highest BCUT2D eigenvalue weighted by atomic mass is 19.1. The van der Waals surface area contributed by atoms with Gasteiger partial charge in [-0.25, -0.2) is 4.39 Å². The number of hydrogen-bond acceptors (Lipinski definition) is 3. The quantitative estimate of drug-likeness (QED) is 0.699. The maximum absolute atomic E-state index is 14.5. The predicted molar refractivity (Wildman–Crippen MR) is 93.2 cm³/mol. The molecule has 3 rings (SSSR count). The molecule has 2 aromatic carbocycles. The summed E-state index contributed by atoms with van der Waals surface area (Å²) in [5, 5.41) is 3.80. The maximum atomic E-state index is 14.5.